The minimum absolute atomic E-state index is 0.126. The van der Waals surface area contributed by atoms with Crippen molar-refractivity contribution in [2.75, 3.05) is 0 Å². The van der Waals surface area contributed by atoms with E-state index in [1.807, 2.05) is 12.1 Å². The molecule has 1 aromatic carbocycles. The maximum absolute atomic E-state index is 10.3. The first kappa shape index (κ1) is 11.2. The highest BCUT2D eigenvalue weighted by molar-refractivity contribution is 5.67. The number of aryl methyl sites for hydroxylation is 1. The zero-order valence-electron chi connectivity index (χ0n) is 8.05. The summed E-state index contributed by atoms with van der Waals surface area (Å²) in [6.45, 7) is 0. The van der Waals surface area contributed by atoms with E-state index in [1.165, 1.54) is 0 Å². The lowest BCUT2D eigenvalue weighted by Gasteiger charge is -1.99. The zero-order chi connectivity index (χ0) is 11.1. The number of rotatable bonds is 5. The molecule has 0 amide bonds. The van der Waals surface area contributed by atoms with Gasteiger partial charge in [0.1, 0.15) is 6.34 Å². The van der Waals surface area contributed by atoms with E-state index in [0.717, 1.165) is 11.9 Å². The van der Waals surface area contributed by atoms with Gasteiger partial charge in [0.2, 0.25) is 0 Å². The Morgan fingerprint density at radius 1 is 1.40 bits per heavy atom. The molecule has 1 aromatic rings. The highest BCUT2D eigenvalue weighted by Crippen LogP contribution is 2.13. The van der Waals surface area contributed by atoms with Gasteiger partial charge >= 0.3 is 5.97 Å². The van der Waals surface area contributed by atoms with Crippen molar-refractivity contribution in [3.8, 4) is 0 Å². The quantitative estimate of drug-likeness (QED) is 0.387. The summed E-state index contributed by atoms with van der Waals surface area (Å²) in [5, 5.41) is 16.7. The minimum atomic E-state index is -0.804. The molecule has 0 aliphatic heterocycles. The van der Waals surface area contributed by atoms with E-state index >= 15 is 0 Å². The second-order valence-corrected chi connectivity index (χ2v) is 2.95. The number of carboxylic acid groups (broad SMARTS) is 1. The first-order valence-corrected chi connectivity index (χ1v) is 4.45. The van der Waals surface area contributed by atoms with Crippen molar-refractivity contribution in [3.63, 3.8) is 0 Å². The maximum atomic E-state index is 10.3. The number of carbonyl (C=O) groups is 1. The molecule has 0 saturated carbocycles. The number of benzene rings is 1. The summed E-state index contributed by atoms with van der Waals surface area (Å²) in [4.78, 5) is 14.2. The third-order valence-electron chi connectivity index (χ3n) is 1.84. The molecule has 0 fully saturated rings. The smallest absolute Gasteiger partial charge is 0.303 e. The number of aliphatic imine (C=N–C) groups is 1. The minimum Gasteiger partial charge on any atom is -0.481 e. The van der Waals surface area contributed by atoms with Crippen LogP contribution in [0.2, 0.25) is 0 Å². The number of hydrogen-bond acceptors (Lipinski definition) is 3. The molecule has 0 saturated heterocycles. The Morgan fingerprint density at radius 2 is 2.07 bits per heavy atom. The van der Waals surface area contributed by atoms with Gasteiger partial charge in [-0.25, -0.2) is 4.99 Å². The molecule has 0 radical (unpaired) electrons. The van der Waals surface area contributed by atoms with Crippen LogP contribution < -0.4 is 5.48 Å². The Bertz CT molecular complexity index is 346. The van der Waals surface area contributed by atoms with Gasteiger partial charge in [-0.15, -0.1) is 0 Å². The molecule has 0 atom stereocenters. The molecule has 1 rings (SSSR count). The average Bonchev–Trinajstić information content (AvgIpc) is 2.25. The Labute approximate surface area is 87.0 Å². The van der Waals surface area contributed by atoms with E-state index in [0.29, 0.717) is 12.1 Å². The standard InChI is InChI=1S/C10H12N2O3/c13-10(14)6-3-8-1-4-9(5-2-8)11-7-12-15/h1-2,4-5,7,15H,3,6H2,(H,11,12)(H,13,14). The van der Waals surface area contributed by atoms with Gasteiger partial charge in [0.25, 0.3) is 0 Å². The van der Waals surface area contributed by atoms with Crippen molar-refractivity contribution in [3.05, 3.63) is 29.8 Å². The van der Waals surface area contributed by atoms with E-state index in [2.05, 4.69) is 4.99 Å². The largest absolute Gasteiger partial charge is 0.481 e. The summed E-state index contributed by atoms with van der Waals surface area (Å²) >= 11 is 0. The third kappa shape index (κ3) is 4.24. The first-order valence-electron chi connectivity index (χ1n) is 4.45. The zero-order valence-corrected chi connectivity index (χ0v) is 8.05. The van der Waals surface area contributed by atoms with E-state index in [-0.39, 0.29) is 6.42 Å². The lowest BCUT2D eigenvalue weighted by molar-refractivity contribution is -0.136. The molecule has 0 spiro atoms. The van der Waals surface area contributed by atoms with Gasteiger partial charge in [-0.1, -0.05) is 12.1 Å². The van der Waals surface area contributed by atoms with Crippen LogP contribution in [0.25, 0.3) is 0 Å². The van der Waals surface area contributed by atoms with Crippen LogP contribution in [-0.2, 0) is 11.2 Å². The monoisotopic (exact) mass is 208 g/mol. The Hall–Kier alpha value is -1.88. The van der Waals surface area contributed by atoms with Gasteiger partial charge < -0.3 is 5.11 Å². The van der Waals surface area contributed by atoms with Crippen molar-refractivity contribution < 1.29 is 15.1 Å². The van der Waals surface area contributed by atoms with Crippen LogP contribution in [0.1, 0.15) is 12.0 Å². The Morgan fingerprint density at radius 3 is 2.60 bits per heavy atom. The van der Waals surface area contributed by atoms with Crippen molar-refractivity contribution in [1.82, 2.24) is 5.48 Å². The molecule has 15 heavy (non-hydrogen) atoms. The molecule has 5 nitrogen and oxygen atoms in total. The summed E-state index contributed by atoms with van der Waals surface area (Å²) in [5.74, 6) is -0.804. The summed E-state index contributed by atoms with van der Waals surface area (Å²) in [6, 6.07) is 7.13. The van der Waals surface area contributed by atoms with Gasteiger partial charge in [-0.3, -0.25) is 15.5 Å². The molecule has 80 valence electrons. The van der Waals surface area contributed by atoms with Crippen LogP contribution in [0, 0.1) is 0 Å². The summed E-state index contributed by atoms with van der Waals surface area (Å²) in [7, 11) is 0. The van der Waals surface area contributed by atoms with Crippen LogP contribution in [0.5, 0.6) is 0 Å². The van der Waals surface area contributed by atoms with Crippen LogP contribution >= 0.6 is 0 Å². The third-order valence-corrected chi connectivity index (χ3v) is 1.84. The lowest BCUT2D eigenvalue weighted by Crippen LogP contribution is -2.00. The van der Waals surface area contributed by atoms with Crippen LogP contribution in [-0.4, -0.2) is 22.6 Å². The normalized spacial score (nSPS) is 10.5. The average molecular weight is 208 g/mol. The molecule has 0 unspecified atom stereocenters. The topological polar surface area (TPSA) is 81.9 Å². The van der Waals surface area contributed by atoms with E-state index in [1.54, 1.807) is 17.6 Å². The predicted molar refractivity (Wildman–Crippen MR) is 55.5 cm³/mol. The van der Waals surface area contributed by atoms with Crippen LogP contribution in [0.3, 0.4) is 0 Å². The molecule has 0 aliphatic rings. The fraction of sp³-hybridized carbons (Fsp3) is 0.200. The predicted octanol–water partition coefficient (Wildman–Crippen LogP) is 1.34. The second kappa shape index (κ2) is 5.77. The van der Waals surface area contributed by atoms with E-state index in [4.69, 9.17) is 10.3 Å². The number of hydroxylamine groups is 1. The highest BCUT2D eigenvalue weighted by atomic mass is 16.5. The Balaban J connectivity index is 2.56. The van der Waals surface area contributed by atoms with Crippen molar-refractivity contribution in [2.45, 2.75) is 12.8 Å². The van der Waals surface area contributed by atoms with Crippen LogP contribution in [0.4, 0.5) is 5.69 Å². The first-order chi connectivity index (χ1) is 7.22. The maximum Gasteiger partial charge on any atom is 0.303 e. The summed E-state index contributed by atoms with van der Waals surface area (Å²) in [5.41, 5.74) is 3.44. The van der Waals surface area contributed by atoms with Gasteiger partial charge in [0, 0.05) is 6.42 Å². The molecule has 0 aromatic heterocycles. The molecular formula is C10H12N2O3. The fourth-order valence-corrected chi connectivity index (χ4v) is 1.10. The van der Waals surface area contributed by atoms with Crippen molar-refractivity contribution in [2.24, 2.45) is 4.99 Å². The van der Waals surface area contributed by atoms with Gasteiger partial charge in [-0.05, 0) is 24.1 Å². The fourth-order valence-electron chi connectivity index (χ4n) is 1.10. The molecule has 0 bridgehead atoms. The number of hydrogen-bond donors (Lipinski definition) is 3. The van der Waals surface area contributed by atoms with Crippen molar-refractivity contribution in [1.29, 1.82) is 0 Å². The van der Waals surface area contributed by atoms with E-state index < -0.39 is 5.97 Å². The number of carboxylic acids is 1. The number of nitrogens with zero attached hydrogens (tertiary/aromatic N) is 1. The second-order valence-electron chi connectivity index (χ2n) is 2.95. The SMILES string of the molecule is O=C(O)CCc1ccc(N=CNO)cc1. The summed E-state index contributed by atoms with van der Waals surface area (Å²) in [6.07, 6.45) is 1.80. The van der Waals surface area contributed by atoms with Crippen molar-refractivity contribution >= 4 is 18.0 Å². The van der Waals surface area contributed by atoms with E-state index in [9.17, 15) is 4.79 Å². The number of nitrogens with one attached hydrogen (secondary N) is 1. The van der Waals surface area contributed by atoms with Crippen LogP contribution in [0.15, 0.2) is 29.3 Å². The molecule has 0 aliphatic carbocycles. The molecule has 3 N–H and O–H groups in total. The number of aliphatic carboxylic acids is 1. The molecular weight excluding hydrogens is 196 g/mol. The molecule has 0 heterocycles. The lowest BCUT2D eigenvalue weighted by atomic mass is 10.1. The Kier molecular flexibility index (Phi) is 4.30. The molecule has 5 heteroatoms. The van der Waals surface area contributed by atoms with Gasteiger partial charge in [-0.2, -0.15) is 0 Å². The van der Waals surface area contributed by atoms with Gasteiger partial charge in [0.05, 0.1) is 5.69 Å². The highest BCUT2D eigenvalue weighted by Gasteiger charge is 1.98. The van der Waals surface area contributed by atoms with Gasteiger partial charge in [0.15, 0.2) is 0 Å². The summed E-state index contributed by atoms with van der Waals surface area (Å²) < 4.78 is 0.